The summed E-state index contributed by atoms with van der Waals surface area (Å²) in [6.07, 6.45) is 4.88. The highest BCUT2D eigenvalue weighted by Gasteiger charge is 2.39. The van der Waals surface area contributed by atoms with Crippen molar-refractivity contribution in [2.45, 2.75) is 37.3 Å². The highest BCUT2D eigenvalue weighted by atomic mass is 15.1. The van der Waals surface area contributed by atoms with Gasteiger partial charge in [0.05, 0.1) is 0 Å². The fourth-order valence-electron chi connectivity index (χ4n) is 2.66. The summed E-state index contributed by atoms with van der Waals surface area (Å²) in [5, 5.41) is 3.74. The minimum Gasteiger partial charge on any atom is -0.329 e. The Bertz CT molecular complexity index is 344. The Morgan fingerprint density at radius 3 is 2.27 bits per heavy atom. The number of rotatable bonds is 3. The van der Waals surface area contributed by atoms with E-state index in [0.717, 1.165) is 25.4 Å². The van der Waals surface area contributed by atoms with Crippen molar-refractivity contribution in [1.82, 2.24) is 5.32 Å². The Kier molecular flexibility index (Phi) is 2.08. The first-order chi connectivity index (χ1) is 7.31. The van der Waals surface area contributed by atoms with Crippen molar-refractivity contribution in [3.8, 4) is 0 Å². The molecule has 1 aromatic carbocycles. The van der Waals surface area contributed by atoms with Gasteiger partial charge in [-0.3, -0.25) is 0 Å². The van der Waals surface area contributed by atoms with Crippen molar-refractivity contribution in [2.24, 2.45) is 5.73 Å². The van der Waals surface area contributed by atoms with Crippen molar-refractivity contribution >= 4 is 0 Å². The molecule has 3 N–H and O–H groups in total. The van der Waals surface area contributed by atoms with Gasteiger partial charge in [-0.2, -0.15) is 0 Å². The summed E-state index contributed by atoms with van der Waals surface area (Å²) in [6, 6.07) is 9.47. The molecule has 0 bridgehead atoms. The number of fused-ring (bicyclic) bond motifs is 1. The molecule has 0 spiro atoms. The Balaban J connectivity index is 1.84. The van der Waals surface area contributed by atoms with Gasteiger partial charge in [0.25, 0.3) is 0 Å². The van der Waals surface area contributed by atoms with Gasteiger partial charge in [-0.25, -0.2) is 0 Å². The van der Waals surface area contributed by atoms with E-state index in [-0.39, 0.29) is 5.54 Å². The van der Waals surface area contributed by atoms with Crippen molar-refractivity contribution in [1.29, 1.82) is 0 Å². The normalized spacial score (nSPS) is 22.7. The molecule has 1 saturated carbocycles. The van der Waals surface area contributed by atoms with Crippen LogP contribution in [-0.4, -0.2) is 18.1 Å². The average molecular weight is 202 g/mol. The van der Waals surface area contributed by atoms with E-state index in [2.05, 4.69) is 29.6 Å². The van der Waals surface area contributed by atoms with Crippen LogP contribution in [0.3, 0.4) is 0 Å². The van der Waals surface area contributed by atoms with Crippen LogP contribution in [0.15, 0.2) is 24.3 Å². The largest absolute Gasteiger partial charge is 0.329 e. The molecule has 0 aromatic heterocycles. The Morgan fingerprint density at radius 1 is 1.20 bits per heavy atom. The summed E-state index contributed by atoms with van der Waals surface area (Å²) in [4.78, 5) is 0. The van der Waals surface area contributed by atoms with Crippen molar-refractivity contribution in [3.05, 3.63) is 35.4 Å². The standard InChI is InChI=1S/C13H18N2/c14-9-13(15-12-5-6-12)7-10-3-1-2-4-11(10)8-13/h1-4,12,15H,5-9,14H2. The number of benzene rings is 1. The number of hydrogen-bond donors (Lipinski definition) is 2. The van der Waals surface area contributed by atoms with Crippen LogP contribution in [0.1, 0.15) is 24.0 Å². The van der Waals surface area contributed by atoms with E-state index in [4.69, 9.17) is 5.73 Å². The molecule has 80 valence electrons. The van der Waals surface area contributed by atoms with Crippen molar-refractivity contribution < 1.29 is 0 Å². The third kappa shape index (κ3) is 1.68. The molecule has 0 heterocycles. The number of nitrogens with two attached hydrogens (primary N) is 1. The van der Waals surface area contributed by atoms with E-state index in [1.807, 2.05) is 0 Å². The molecule has 0 atom stereocenters. The summed E-state index contributed by atoms with van der Waals surface area (Å²) >= 11 is 0. The molecule has 2 heteroatoms. The molecule has 0 aliphatic heterocycles. The first kappa shape index (κ1) is 9.37. The Labute approximate surface area is 90.9 Å². The smallest absolute Gasteiger partial charge is 0.0387 e. The second-order valence-corrected chi connectivity index (χ2v) is 5.03. The molecular weight excluding hydrogens is 184 g/mol. The van der Waals surface area contributed by atoms with Crippen molar-refractivity contribution in [3.63, 3.8) is 0 Å². The lowest BCUT2D eigenvalue weighted by Crippen LogP contribution is -2.53. The molecule has 0 saturated heterocycles. The van der Waals surface area contributed by atoms with E-state index in [9.17, 15) is 0 Å². The zero-order valence-electron chi connectivity index (χ0n) is 9.00. The molecule has 2 nitrogen and oxygen atoms in total. The second-order valence-electron chi connectivity index (χ2n) is 5.03. The molecule has 2 aliphatic carbocycles. The highest BCUT2D eigenvalue weighted by molar-refractivity contribution is 5.36. The zero-order chi connectivity index (χ0) is 10.3. The van der Waals surface area contributed by atoms with E-state index in [0.29, 0.717) is 0 Å². The molecule has 0 unspecified atom stereocenters. The number of hydrogen-bond acceptors (Lipinski definition) is 2. The molecular formula is C13H18N2. The Morgan fingerprint density at radius 2 is 1.80 bits per heavy atom. The minimum atomic E-state index is 0.158. The lowest BCUT2D eigenvalue weighted by atomic mass is 9.95. The predicted octanol–water partition coefficient (Wildman–Crippen LogP) is 1.23. The quantitative estimate of drug-likeness (QED) is 0.774. The van der Waals surface area contributed by atoms with E-state index >= 15 is 0 Å². The van der Waals surface area contributed by atoms with Gasteiger partial charge in [0.1, 0.15) is 0 Å². The maximum absolute atomic E-state index is 5.96. The van der Waals surface area contributed by atoms with Gasteiger partial charge in [0.2, 0.25) is 0 Å². The highest BCUT2D eigenvalue weighted by Crippen LogP contribution is 2.32. The van der Waals surface area contributed by atoms with Crippen LogP contribution >= 0.6 is 0 Å². The van der Waals surface area contributed by atoms with Gasteiger partial charge in [0, 0.05) is 18.1 Å². The van der Waals surface area contributed by atoms with Crippen LogP contribution in [-0.2, 0) is 12.8 Å². The first-order valence-corrected chi connectivity index (χ1v) is 5.86. The van der Waals surface area contributed by atoms with Gasteiger partial charge < -0.3 is 11.1 Å². The number of nitrogens with one attached hydrogen (secondary N) is 1. The van der Waals surface area contributed by atoms with Crippen LogP contribution in [0, 0.1) is 0 Å². The zero-order valence-corrected chi connectivity index (χ0v) is 9.00. The lowest BCUT2D eigenvalue weighted by molar-refractivity contribution is 0.344. The van der Waals surface area contributed by atoms with E-state index in [1.165, 1.54) is 24.0 Å². The van der Waals surface area contributed by atoms with Gasteiger partial charge >= 0.3 is 0 Å². The van der Waals surface area contributed by atoms with Gasteiger partial charge in [-0.1, -0.05) is 24.3 Å². The summed E-state index contributed by atoms with van der Waals surface area (Å²) in [5.41, 5.74) is 9.08. The Hall–Kier alpha value is -0.860. The maximum Gasteiger partial charge on any atom is 0.0387 e. The molecule has 1 fully saturated rings. The molecule has 15 heavy (non-hydrogen) atoms. The van der Waals surface area contributed by atoms with E-state index < -0.39 is 0 Å². The van der Waals surface area contributed by atoms with Crippen LogP contribution in [0.2, 0.25) is 0 Å². The monoisotopic (exact) mass is 202 g/mol. The first-order valence-electron chi connectivity index (χ1n) is 5.86. The summed E-state index contributed by atoms with van der Waals surface area (Å²) < 4.78 is 0. The summed E-state index contributed by atoms with van der Waals surface area (Å²) in [7, 11) is 0. The van der Waals surface area contributed by atoms with Crippen molar-refractivity contribution in [2.75, 3.05) is 6.54 Å². The topological polar surface area (TPSA) is 38.0 Å². The van der Waals surface area contributed by atoms with Crippen LogP contribution in [0.5, 0.6) is 0 Å². The van der Waals surface area contributed by atoms with Gasteiger partial charge in [-0.05, 0) is 36.8 Å². The second kappa shape index (κ2) is 3.32. The van der Waals surface area contributed by atoms with Gasteiger partial charge in [-0.15, -0.1) is 0 Å². The molecule has 1 aromatic rings. The van der Waals surface area contributed by atoms with Crippen LogP contribution < -0.4 is 11.1 Å². The molecule has 0 amide bonds. The van der Waals surface area contributed by atoms with E-state index in [1.54, 1.807) is 0 Å². The van der Waals surface area contributed by atoms with Gasteiger partial charge in [0.15, 0.2) is 0 Å². The molecule has 0 radical (unpaired) electrons. The third-order valence-corrected chi connectivity index (χ3v) is 3.65. The fraction of sp³-hybridized carbons (Fsp3) is 0.538. The molecule has 2 aliphatic rings. The average Bonchev–Trinajstić information content (AvgIpc) is 2.97. The fourth-order valence-corrected chi connectivity index (χ4v) is 2.66. The minimum absolute atomic E-state index is 0.158. The maximum atomic E-state index is 5.96. The predicted molar refractivity (Wildman–Crippen MR) is 61.8 cm³/mol. The van der Waals surface area contributed by atoms with Crippen LogP contribution in [0.4, 0.5) is 0 Å². The third-order valence-electron chi connectivity index (χ3n) is 3.65. The van der Waals surface area contributed by atoms with Crippen LogP contribution in [0.25, 0.3) is 0 Å². The summed E-state index contributed by atoms with van der Waals surface area (Å²) in [6.45, 7) is 0.748. The lowest BCUT2D eigenvalue weighted by Gasteiger charge is -2.29. The molecule has 3 rings (SSSR count). The SMILES string of the molecule is NCC1(NC2CC2)Cc2ccccc2C1. The summed E-state index contributed by atoms with van der Waals surface area (Å²) in [5.74, 6) is 0.